The SMILES string of the molecule is COC(=O)C[C@H](NC(=O)c1cncc(F)c1)C(=O)O. The number of esters is 1. The Balaban J connectivity index is 2.77. The lowest BCUT2D eigenvalue weighted by molar-refractivity contribution is -0.147. The number of ether oxygens (including phenoxy) is 1. The Bertz CT molecular complexity index is 506. The zero-order valence-electron chi connectivity index (χ0n) is 9.92. The van der Waals surface area contributed by atoms with Gasteiger partial charge in [-0.15, -0.1) is 0 Å². The molecule has 19 heavy (non-hydrogen) atoms. The second-order valence-corrected chi connectivity index (χ2v) is 3.54. The van der Waals surface area contributed by atoms with Gasteiger partial charge in [0.2, 0.25) is 0 Å². The van der Waals surface area contributed by atoms with Crippen LogP contribution in [-0.2, 0) is 14.3 Å². The molecular weight excluding hydrogens is 259 g/mol. The van der Waals surface area contributed by atoms with Gasteiger partial charge in [0.1, 0.15) is 11.9 Å². The lowest BCUT2D eigenvalue weighted by Gasteiger charge is -2.13. The van der Waals surface area contributed by atoms with Crippen molar-refractivity contribution < 1.29 is 28.6 Å². The van der Waals surface area contributed by atoms with E-state index in [-0.39, 0.29) is 5.56 Å². The van der Waals surface area contributed by atoms with Crippen LogP contribution in [-0.4, -0.2) is 41.1 Å². The number of rotatable bonds is 5. The molecule has 1 aromatic heterocycles. The van der Waals surface area contributed by atoms with Crippen LogP contribution in [0.5, 0.6) is 0 Å². The molecule has 0 aliphatic heterocycles. The highest BCUT2D eigenvalue weighted by atomic mass is 19.1. The number of aliphatic carboxylic acids is 1. The molecule has 0 radical (unpaired) electrons. The summed E-state index contributed by atoms with van der Waals surface area (Å²) < 4.78 is 17.2. The predicted molar refractivity (Wildman–Crippen MR) is 59.7 cm³/mol. The van der Waals surface area contributed by atoms with Gasteiger partial charge in [0.15, 0.2) is 0 Å². The maximum atomic E-state index is 12.9. The molecule has 1 atom stereocenters. The summed E-state index contributed by atoms with van der Waals surface area (Å²) in [7, 11) is 1.10. The highest BCUT2D eigenvalue weighted by Crippen LogP contribution is 2.03. The zero-order valence-corrected chi connectivity index (χ0v) is 9.92. The van der Waals surface area contributed by atoms with Gasteiger partial charge in [-0.05, 0) is 6.07 Å². The van der Waals surface area contributed by atoms with Gasteiger partial charge >= 0.3 is 11.9 Å². The highest BCUT2D eigenvalue weighted by Gasteiger charge is 2.24. The smallest absolute Gasteiger partial charge is 0.326 e. The molecule has 0 saturated carbocycles. The number of halogens is 1. The van der Waals surface area contributed by atoms with Crippen LogP contribution in [0.2, 0.25) is 0 Å². The summed E-state index contributed by atoms with van der Waals surface area (Å²) in [6.45, 7) is 0. The molecule has 102 valence electrons. The highest BCUT2D eigenvalue weighted by molar-refractivity contribution is 5.97. The molecule has 2 N–H and O–H groups in total. The Morgan fingerprint density at radius 3 is 2.68 bits per heavy atom. The topological polar surface area (TPSA) is 106 Å². The van der Waals surface area contributed by atoms with E-state index in [9.17, 15) is 18.8 Å². The molecular formula is C11H11FN2O5. The second-order valence-electron chi connectivity index (χ2n) is 3.54. The fourth-order valence-electron chi connectivity index (χ4n) is 1.23. The molecule has 7 nitrogen and oxygen atoms in total. The van der Waals surface area contributed by atoms with E-state index in [1.807, 2.05) is 0 Å². The van der Waals surface area contributed by atoms with Crippen molar-refractivity contribution in [1.82, 2.24) is 10.3 Å². The number of methoxy groups -OCH3 is 1. The standard InChI is InChI=1S/C11H11FN2O5/c1-19-9(15)3-8(11(17)18)14-10(16)6-2-7(12)5-13-4-6/h2,4-5,8H,3H2,1H3,(H,14,16)(H,17,18)/t8-/m0/s1. The van der Waals surface area contributed by atoms with Crippen LogP contribution in [0.1, 0.15) is 16.8 Å². The van der Waals surface area contributed by atoms with Gasteiger partial charge in [0.25, 0.3) is 5.91 Å². The maximum absolute atomic E-state index is 12.9. The fraction of sp³-hybridized carbons (Fsp3) is 0.273. The van der Waals surface area contributed by atoms with Crippen LogP contribution in [0.15, 0.2) is 18.5 Å². The summed E-state index contributed by atoms with van der Waals surface area (Å²) >= 11 is 0. The number of carbonyl (C=O) groups excluding carboxylic acids is 2. The number of amides is 1. The van der Waals surface area contributed by atoms with Gasteiger partial charge in [0.05, 0.1) is 25.3 Å². The molecule has 1 aromatic rings. The number of hydrogen-bond acceptors (Lipinski definition) is 5. The van der Waals surface area contributed by atoms with E-state index in [1.165, 1.54) is 0 Å². The first-order valence-corrected chi connectivity index (χ1v) is 5.15. The first kappa shape index (κ1) is 14.6. The lowest BCUT2D eigenvalue weighted by atomic mass is 10.2. The van der Waals surface area contributed by atoms with Crippen molar-refractivity contribution in [2.45, 2.75) is 12.5 Å². The van der Waals surface area contributed by atoms with E-state index in [0.717, 1.165) is 25.6 Å². The van der Waals surface area contributed by atoms with Crippen molar-refractivity contribution in [1.29, 1.82) is 0 Å². The van der Waals surface area contributed by atoms with Gasteiger partial charge < -0.3 is 15.2 Å². The van der Waals surface area contributed by atoms with Gasteiger partial charge in [-0.25, -0.2) is 9.18 Å². The monoisotopic (exact) mass is 270 g/mol. The van der Waals surface area contributed by atoms with Crippen LogP contribution in [0.25, 0.3) is 0 Å². The second kappa shape index (κ2) is 6.43. The van der Waals surface area contributed by atoms with Crippen molar-refractivity contribution in [2.24, 2.45) is 0 Å². The number of pyridine rings is 1. The fourth-order valence-corrected chi connectivity index (χ4v) is 1.23. The lowest BCUT2D eigenvalue weighted by Crippen LogP contribution is -2.42. The van der Waals surface area contributed by atoms with Gasteiger partial charge in [-0.2, -0.15) is 0 Å². The molecule has 1 rings (SSSR count). The normalized spacial score (nSPS) is 11.5. The molecule has 1 amide bonds. The summed E-state index contributed by atoms with van der Waals surface area (Å²) in [5, 5.41) is 10.9. The van der Waals surface area contributed by atoms with Crippen LogP contribution < -0.4 is 5.32 Å². The number of hydrogen-bond donors (Lipinski definition) is 2. The molecule has 0 saturated heterocycles. The average molecular weight is 270 g/mol. The van der Waals surface area contributed by atoms with E-state index in [1.54, 1.807) is 0 Å². The minimum atomic E-state index is -1.46. The molecule has 0 aliphatic carbocycles. The average Bonchev–Trinajstić information content (AvgIpc) is 2.37. The van der Waals surface area contributed by atoms with E-state index >= 15 is 0 Å². The summed E-state index contributed by atoms with van der Waals surface area (Å²) in [6, 6.07) is -0.553. The number of nitrogens with one attached hydrogen (secondary N) is 1. The van der Waals surface area contributed by atoms with Crippen LogP contribution in [0, 0.1) is 5.82 Å². The van der Waals surface area contributed by atoms with Crippen LogP contribution in [0.3, 0.4) is 0 Å². The molecule has 0 unspecified atom stereocenters. The Kier molecular flexibility index (Phi) is 4.92. The summed E-state index contributed by atoms with van der Waals surface area (Å²) in [5.41, 5.74) is -0.142. The van der Waals surface area contributed by atoms with Crippen molar-refractivity contribution in [3.63, 3.8) is 0 Å². The van der Waals surface area contributed by atoms with E-state index in [2.05, 4.69) is 15.0 Å². The van der Waals surface area contributed by atoms with Crippen molar-refractivity contribution in [3.05, 3.63) is 29.8 Å². The number of carboxylic acid groups (broad SMARTS) is 1. The number of nitrogens with zero attached hydrogens (tertiary/aromatic N) is 1. The Morgan fingerprint density at radius 2 is 2.16 bits per heavy atom. The quantitative estimate of drug-likeness (QED) is 0.728. The molecule has 0 spiro atoms. The summed E-state index contributed by atoms with van der Waals surface area (Å²) in [4.78, 5) is 37.0. The Hall–Kier alpha value is -2.51. The first-order valence-electron chi connectivity index (χ1n) is 5.15. The minimum Gasteiger partial charge on any atom is -0.480 e. The molecule has 1 heterocycles. The third-order valence-electron chi connectivity index (χ3n) is 2.17. The first-order chi connectivity index (χ1) is 8.93. The van der Waals surface area contributed by atoms with Gasteiger partial charge in [0, 0.05) is 6.20 Å². The molecule has 0 aliphatic rings. The van der Waals surface area contributed by atoms with Crippen LogP contribution >= 0.6 is 0 Å². The maximum Gasteiger partial charge on any atom is 0.326 e. The Labute approximate surface area is 107 Å². The third-order valence-corrected chi connectivity index (χ3v) is 2.17. The number of aromatic nitrogens is 1. The number of carboxylic acids is 1. The van der Waals surface area contributed by atoms with Crippen molar-refractivity contribution >= 4 is 17.8 Å². The van der Waals surface area contributed by atoms with Crippen LogP contribution in [0.4, 0.5) is 4.39 Å². The zero-order chi connectivity index (χ0) is 14.4. The van der Waals surface area contributed by atoms with E-state index < -0.39 is 36.1 Å². The largest absolute Gasteiger partial charge is 0.480 e. The van der Waals surface area contributed by atoms with E-state index in [0.29, 0.717) is 0 Å². The Morgan fingerprint density at radius 1 is 1.47 bits per heavy atom. The molecule has 0 fully saturated rings. The predicted octanol–water partition coefficient (Wildman–Crippen LogP) is -0.0332. The minimum absolute atomic E-state index is 0.142. The molecule has 0 aromatic carbocycles. The summed E-state index contributed by atoms with van der Waals surface area (Å²) in [6.07, 6.45) is 1.45. The molecule has 0 bridgehead atoms. The van der Waals surface area contributed by atoms with Gasteiger partial charge in [-0.1, -0.05) is 0 Å². The third kappa shape index (κ3) is 4.34. The van der Waals surface area contributed by atoms with Crippen molar-refractivity contribution in [3.8, 4) is 0 Å². The van der Waals surface area contributed by atoms with E-state index in [4.69, 9.17) is 5.11 Å². The van der Waals surface area contributed by atoms with Crippen molar-refractivity contribution in [2.75, 3.05) is 7.11 Å². The number of carbonyl (C=O) groups is 3. The summed E-state index contributed by atoms with van der Waals surface area (Å²) in [5.74, 6) is -3.76. The van der Waals surface area contributed by atoms with Gasteiger partial charge in [-0.3, -0.25) is 14.6 Å². The molecule has 8 heteroatoms.